The average molecular weight is 250 g/mol. The molecule has 2 rings (SSSR count). The fourth-order valence-corrected chi connectivity index (χ4v) is 1.87. The predicted molar refractivity (Wildman–Crippen MR) is 67.2 cm³/mol. The van der Waals surface area contributed by atoms with Crippen molar-refractivity contribution in [3.8, 4) is 6.07 Å². The number of rotatable bonds is 1. The molecule has 1 aromatic carbocycles. The lowest BCUT2D eigenvalue weighted by molar-refractivity contribution is 0.0343. The van der Waals surface area contributed by atoms with Gasteiger partial charge in [0, 0.05) is 29.1 Å². The molecule has 0 unspecified atom stereocenters. The summed E-state index contributed by atoms with van der Waals surface area (Å²) in [7, 11) is -0.463. The van der Waals surface area contributed by atoms with Crippen LogP contribution in [0.15, 0.2) is 18.2 Å². The second-order valence-electron chi connectivity index (χ2n) is 4.96. The first-order valence-electron chi connectivity index (χ1n) is 5.45. The second kappa shape index (κ2) is 4.69. The molecule has 0 amide bonds. The molecule has 0 aliphatic carbocycles. The summed E-state index contributed by atoms with van der Waals surface area (Å²) in [5, 5.41) is 9.60. The lowest BCUT2D eigenvalue weighted by Gasteiger charge is -2.33. The maximum absolute atomic E-state index is 9.06. The van der Waals surface area contributed by atoms with Crippen molar-refractivity contribution in [1.29, 1.82) is 5.26 Å². The molecule has 17 heavy (non-hydrogen) atoms. The molecule has 0 bridgehead atoms. The van der Waals surface area contributed by atoms with Crippen LogP contribution in [0.5, 0.6) is 0 Å². The molecule has 0 radical (unpaired) electrons. The summed E-state index contributed by atoms with van der Waals surface area (Å²) in [5.74, 6) is 0. The largest absolute Gasteiger partial charge is 0.495 e. The molecule has 0 saturated carbocycles. The molecule has 1 aromatic rings. The van der Waals surface area contributed by atoms with Gasteiger partial charge in [0.2, 0.25) is 0 Å². The Kier molecular flexibility index (Phi) is 3.44. The highest BCUT2D eigenvalue weighted by Crippen LogP contribution is 2.22. The SMILES string of the molecule is CC1(C)COB(c2ccc(Cl)cc2C#N)OC1. The van der Waals surface area contributed by atoms with E-state index in [4.69, 9.17) is 26.2 Å². The Morgan fingerprint density at radius 2 is 2.00 bits per heavy atom. The van der Waals surface area contributed by atoms with Gasteiger partial charge in [-0.15, -0.1) is 0 Å². The van der Waals surface area contributed by atoms with Crippen molar-refractivity contribution in [3.63, 3.8) is 0 Å². The van der Waals surface area contributed by atoms with Gasteiger partial charge in [0.15, 0.2) is 0 Å². The molecule has 1 heterocycles. The van der Waals surface area contributed by atoms with E-state index in [0.717, 1.165) is 5.46 Å². The zero-order valence-electron chi connectivity index (χ0n) is 9.87. The van der Waals surface area contributed by atoms with E-state index in [-0.39, 0.29) is 5.41 Å². The van der Waals surface area contributed by atoms with Gasteiger partial charge in [0.05, 0.1) is 11.6 Å². The fourth-order valence-electron chi connectivity index (χ4n) is 1.70. The molecule has 1 aliphatic rings. The predicted octanol–water partition coefficient (Wildman–Crippen LogP) is 1.98. The summed E-state index contributed by atoms with van der Waals surface area (Å²) >= 11 is 5.85. The molecule has 0 N–H and O–H groups in total. The number of hydrogen-bond acceptors (Lipinski definition) is 3. The van der Waals surface area contributed by atoms with Crippen LogP contribution in [0.4, 0.5) is 0 Å². The zero-order chi connectivity index (χ0) is 12.5. The third kappa shape index (κ3) is 2.81. The van der Waals surface area contributed by atoms with Crippen LogP contribution in [0.1, 0.15) is 19.4 Å². The Balaban J connectivity index is 2.22. The van der Waals surface area contributed by atoms with E-state index >= 15 is 0 Å². The monoisotopic (exact) mass is 249 g/mol. The zero-order valence-corrected chi connectivity index (χ0v) is 10.6. The van der Waals surface area contributed by atoms with Crippen LogP contribution in [0.3, 0.4) is 0 Å². The summed E-state index contributed by atoms with van der Waals surface area (Å²) in [5.41, 5.74) is 1.27. The molecule has 1 aliphatic heterocycles. The van der Waals surface area contributed by atoms with Gasteiger partial charge in [0.1, 0.15) is 0 Å². The molecule has 0 atom stereocenters. The van der Waals surface area contributed by atoms with Crippen molar-refractivity contribution in [3.05, 3.63) is 28.8 Å². The molecule has 1 fully saturated rings. The topological polar surface area (TPSA) is 42.2 Å². The highest BCUT2D eigenvalue weighted by atomic mass is 35.5. The van der Waals surface area contributed by atoms with Crippen LogP contribution in [-0.2, 0) is 9.31 Å². The molecule has 88 valence electrons. The van der Waals surface area contributed by atoms with Gasteiger partial charge in [0.25, 0.3) is 0 Å². The maximum Gasteiger partial charge on any atom is 0.495 e. The van der Waals surface area contributed by atoms with Gasteiger partial charge in [-0.1, -0.05) is 31.5 Å². The third-order valence-corrected chi connectivity index (χ3v) is 2.88. The summed E-state index contributed by atoms with van der Waals surface area (Å²) in [6.45, 7) is 5.39. The maximum atomic E-state index is 9.06. The number of nitrogens with zero attached hydrogens (tertiary/aromatic N) is 1. The first-order chi connectivity index (χ1) is 8.02. The minimum Gasteiger partial charge on any atom is -0.407 e. The minimum absolute atomic E-state index is 0.0235. The lowest BCUT2D eigenvalue weighted by Crippen LogP contribution is -2.48. The summed E-state index contributed by atoms with van der Waals surface area (Å²) in [6.07, 6.45) is 0. The fraction of sp³-hybridized carbons (Fsp3) is 0.417. The average Bonchev–Trinajstić information content (AvgIpc) is 2.29. The summed E-state index contributed by atoms with van der Waals surface area (Å²) in [4.78, 5) is 0. The van der Waals surface area contributed by atoms with Crippen LogP contribution in [0, 0.1) is 16.7 Å². The van der Waals surface area contributed by atoms with Gasteiger partial charge in [-0.25, -0.2) is 0 Å². The molecule has 1 saturated heterocycles. The normalized spacial score (nSPS) is 18.8. The molecule has 0 spiro atoms. The van der Waals surface area contributed by atoms with Crippen molar-refractivity contribution >= 4 is 24.2 Å². The van der Waals surface area contributed by atoms with Gasteiger partial charge in [-0.2, -0.15) is 5.26 Å². The summed E-state index contributed by atoms with van der Waals surface area (Å²) in [6, 6.07) is 7.26. The van der Waals surface area contributed by atoms with Crippen molar-refractivity contribution in [2.75, 3.05) is 13.2 Å². The van der Waals surface area contributed by atoms with E-state index in [1.54, 1.807) is 18.2 Å². The van der Waals surface area contributed by atoms with Crippen molar-refractivity contribution in [2.45, 2.75) is 13.8 Å². The lowest BCUT2D eigenvalue weighted by atomic mass is 9.73. The molecule has 0 aromatic heterocycles. The number of halogens is 1. The van der Waals surface area contributed by atoms with Gasteiger partial charge >= 0.3 is 7.12 Å². The highest BCUT2D eigenvalue weighted by molar-refractivity contribution is 6.62. The minimum atomic E-state index is -0.463. The Labute approximate surface area is 106 Å². The van der Waals surface area contributed by atoms with Crippen LogP contribution in [-0.4, -0.2) is 20.3 Å². The Morgan fingerprint density at radius 3 is 2.59 bits per heavy atom. The van der Waals surface area contributed by atoms with E-state index in [1.807, 2.05) is 0 Å². The Morgan fingerprint density at radius 1 is 1.35 bits per heavy atom. The quantitative estimate of drug-likeness (QED) is 0.715. The van der Waals surface area contributed by atoms with Gasteiger partial charge in [-0.05, 0) is 12.1 Å². The van der Waals surface area contributed by atoms with Gasteiger partial charge < -0.3 is 9.31 Å². The van der Waals surface area contributed by atoms with E-state index in [1.165, 1.54) is 0 Å². The van der Waals surface area contributed by atoms with Crippen LogP contribution < -0.4 is 5.46 Å². The highest BCUT2D eigenvalue weighted by Gasteiger charge is 2.34. The Bertz CT molecular complexity index is 460. The molecular weight excluding hydrogens is 236 g/mol. The molecular formula is C12H13BClNO2. The van der Waals surface area contributed by atoms with E-state index in [9.17, 15) is 0 Å². The number of benzene rings is 1. The van der Waals surface area contributed by atoms with Crippen molar-refractivity contribution in [1.82, 2.24) is 0 Å². The van der Waals surface area contributed by atoms with Crippen molar-refractivity contribution in [2.24, 2.45) is 5.41 Å². The van der Waals surface area contributed by atoms with E-state index < -0.39 is 7.12 Å². The Hall–Kier alpha value is -1.02. The smallest absolute Gasteiger partial charge is 0.407 e. The van der Waals surface area contributed by atoms with E-state index in [2.05, 4.69) is 19.9 Å². The first-order valence-corrected chi connectivity index (χ1v) is 5.82. The second-order valence-corrected chi connectivity index (χ2v) is 5.40. The van der Waals surface area contributed by atoms with E-state index in [0.29, 0.717) is 23.8 Å². The standard InChI is InChI=1S/C12H13BClNO2/c1-12(2)7-16-13(17-8-12)11-4-3-10(14)5-9(11)6-15/h3-5H,7-8H2,1-2H3. The first kappa shape index (κ1) is 12.4. The molecule has 3 nitrogen and oxygen atoms in total. The molecule has 5 heteroatoms. The van der Waals surface area contributed by atoms with Crippen LogP contribution >= 0.6 is 11.6 Å². The van der Waals surface area contributed by atoms with Crippen LogP contribution in [0.25, 0.3) is 0 Å². The number of hydrogen-bond donors (Lipinski definition) is 0. The van der Waals surface area contributed by atoms with Crippen LogP contribution in [0.2, 0.25) is 5.02 Å². The third-order valence-electron chi connectivity index (χ3n) is 2.64. The summed E-state index contributed by atoms with van der Waals surface area (Å²) < 4.78 is 11.3. The van der Waals surface area contributed by atoms with Crippen molar-refractivity contribution < 1.29 is 9.31 Å². The van der Waals surface area contributed by atoms with Gasteiger partial charge in [-0.3, -0.25) is 0 Å². The number of nitriles is 1.